The summed E-state index contributed by atoms with van der Waals surface area (Å²) in [7, 11) is 0. The van der Waals surface area contributed by atoms with Crippen LogP contribution in [-0.2, 0) is 14.3 Å². The van der Waals surface area contributed by atoms with Gasteiger partial charge < -0.3 is 15.2 Å². The smallest absolute Gasteiger partial charge is 0.326 e. The summed E-state index contributed by atoms with van der Waals surface area (Å²) >= 11 is 0. The number of rotatable bonds is 6. The number of amides is 1. The number of ether oxygens (including phenoxy) is 1. The van der Waals surface area contributed by atoms with Crippen LogP contribution in [0.25, 0.3) is 0 Å². The van der Waals surface area contributed by atoms with Crippen LogP contribution in [0.4, 0.5) is 0 Å². The monoisotopic (exact) mass is 337 g/mol. The summed E-state index contributed by atoms with van der Waals surface area (Å²) in [5.41, 5.74) is -0.297. The molecule has 5 nitrogen and oxygen atoms in total. The number of carboxylic acid groups (broad SMARTS) is 1. The van der Waals surface area contributed by atoms with E-state index in [1.165, 1.54) is 6.42 Å². The van der Waals surface area contributed by atoms with Gasteiger partial charge in [-0.1, -0.05) is 0 Å². The average molecular weight is 337 g/mol. The summed E-state index contributed by atoms with van der Waals surface area (Å²) in [6.07, 6.45) is 6.31. The molecule has 4 rings (SSSR count). The van der Waals surface area contributed by atoms with Gasteiger partial charge in [0.1, 0.15) is 6.04 Å². The summed E-state index contributed by atoms with van der Waals surface area (Å²) in [6, 6.07) is -0.850. The predicted octanol–water partition coefficient (Wildman–Crippen LogP) is 2.83. The Balaban J connectivity index is 1.56. The Morgan fingerprint density at radius 2 is 1.62 bits per heavy atom. The van der Waals surface area contributed by atoms with E-state index in [2.05, 4.69) is 5.32 Å². The van der Waals surface area contributed by atoms with Gasteiger partial charge in [0.15, 0.2) is 0 Å². The van der Waals surface area contributed by atoms with Gasteiger partial charge in [-0.15, -0.1) is 0 Å². The molecule has 1 unspecified atom stereocenters. The lowest BCUT2D eigenvalue weighted by molar-refractivity contribution is -0.147. The summed E-state index contributed by atoms with van der Waals surface area (Å²) in [4.78, 5) is 24.3. The molecule has 4 bridgehead atoms. The van der Waals surface area contributed by atoms with Gasteiger partial charge in [-0.2, -0.15) is 0 Å². The fourth-order valence-corrected chi connectivity index (χ4v) is 5.36. The molecule has 0 aliphatic heterocycles. The Morgan fingerprint density at radius 1 is 1.08 bits per heavy atom. The first-order valence-electron chi connectivity index (χ1n) is 9.40. The fraction of sp³-hybridized carbons (Fsp3) is 0.895. The largest absolute Gasteiger partial charge is 0.480 e. The van der Waals surface area contributed by atoms with Crippen molar-refractivity contribution in [3.63, 3.8) is 0 Å². The van der Waals surface area contributed by atoms with Crippen molar-refractivity contribution in [2.45, 2.75) is 70.9 Å². The Bertz CT molecular complexity index is 468. The van der Waals surface area contributed by atoms with Crippen LogP contribution in [0.3, 0.4) is 0 Å². The summed E-state index contributed by atoms with van der Waals surface area (Å²) in [5.74, 6) is 1.60. The highest BCUT2D eigenvalue weighted by atomic mass is 16.5. The van der Waals surface area contributed by atoms with Crippen LogP contribution in [0.5, 0.6) is 0 Å². The van der Waals surface area contributed by atoms with E-state index in [0.29, 0.717) is 24.9 Å². The van der Waals surface area contributed by atoms with Gasteiger partial charge in [0.2, 0.25) is 5.91 Å². The van der Waals surface area contributed by atoms with Crippen LogP contribution in [0.15, 0.2) is 0 Å². The SMILES string of the molecule is CC(C)(C)OCCC(NC(=O)C1C2CC3CC(C2)CC1C3)C(=O)O. The lowest BCUT2D eigenvalue weighted by atomic mass is 9.51. The first kappa shape index (κ1) is 17.7. The molecule has 5 heteroatoms. The van der Waals surface area contributed by atoms with E-state index >= 15 is 0 Å². The second kappa shape index (κ2) is 6.66. The van der Waals surface area contributed by atoms with Gasteiger partial charge in [-0.05, 0) is 76.5 Å². The second-order valence-electron chi connectivity index (χ2n) is 9.11. The first-order valence-corrected chi connectivity index (χ1v) is 9.40. The minimum absolute atomic E-state index is 0.0307. The summed E-state index contributed by atoms with van der Waals surface area (Å²) in [5, 5.41) is 12.2. The van der Waals surface area contributed by atoms with E-state index in [9.17, 15) is 14.7 Å². The Hall–Kier alpha value is -1.10. The van der Waals surface area contributed by atoms with Gasteiger partial charge in [-0.3, -0.25) is 4.79 Å². The maximum atomic E-state index is 12.8. The molecule has 1 amide bonds. The molecule has 0 aromatic heterocycles. The summed E-state index contributed by atoms with van der Waals surface area (Å²) < 4.78 is 5.62. The Morgan fingerprint density at radius 3 is 2.08 bits per heavy atom. The first-order chi connectivity index (χ1) is 11.2. The fourth-order valence-electron chi connectivity index (χ4n) is 5.36. The molecule has 24 heavy (non-hydrogen) atoms. The number of carbonyl (C=O) groups excluding carboxylic acids is 1. The predicted molar refractivity (Wildman–Crippen MR) is 90.4 cm³/mol. The molecule has 1 atom stereocenters. The normalized spacial score (nSPS) is 35.7. The van der Waals surface area contributed by atoms with E-state index < -0.39 is 12.0 Å². The average Bonchev–Trinajstić information content (AvgIpc) is 2.43. The maximum absolute atomic E-state index is 12.8. The zero-order valence-corrected chi connectivity index (χ0v) is 15.1. The van der Waals surface area contributed by atoms with Gasteiger partial charge in [0.05, 0.1) is 5.60 Å². The third kappa shape index (κ3) is 3.93. The molecule has 0 radical (unpaired) electrons. The van der Waals surface area contributed by atoms with Crippen LogP contribution >= 0.6 is 0 Å². The summed E-state index contributed by atoms with van der Waals surface area (Å²) in [6.45, 7) is 6.16. The van der Waals surface area contributed by atoms with Crippen LogP contribution in [0.2, 0.25) is 0 Å². The highest BCUT2D eigenvalue weighted by Crippen LogP contribution is 2.56. The number of hydrogen-bond donors (Lipinski definition) is 2. The van der Waals surface area contributed by atoms with Crippen molar-refractivity contribution >= 4 is 11.9 Å². The van der Waals surface area contributed by atoms with Crippen molar-refractivity contribution in [3.8, 4) is 0 Å². The van der Waals surface area contributed by atoms with Gasteiger partial charge in [0.25, 0.3) is 0 Å². The van der Waals surface area contributed by atoms with Crippen LogP contribution in [0.1, 0.15) is 59.3 Å². The molecular formula is C19H31NO4. The second-order valence-corrected chi connectivity index (χ2v) is 9.11. The molecule has 0 heterocycles. The van der Waals surface area contributed by atoms with E-state index in [4.69, 9.17) is 4.74 Å². The van der Waals surface area contributed by atoms with Crippen molar-refractivity contribution in [1.82, 2.24) is 5.32 Å². The molecule has 136 valence electrons. The molecular weight excluding hydrogens is 306 g/mol. The van der Waals surface area contributed by atoms with Crippen molar-refractivity contribution in [3.05, 3.63) is 0 Å². The topological polar surface area (TPSA) is 75.6 Å². The lowest BCUT2D eigenvalue weighted by Crippen LogP contribution is -2.53. The van der Waals surface area contributed by atoms with Crippen molar-refractivity contribution in [1.29, 1.82) is 0 Å². The molecule has 2 N–H and O–H groups in total. The third-order valence-electron chi connectivity index (χ3n) is 6.09. The number of hydrogen-bond acceptors (Lipinski definition) is 3. The molecule has 4 aliphatic carbocycles. The Labute approximate surface area is 144 Å². The maximum Gasteiger partial charge on any atom is 0.326 e. The van der Waals surface area contributed by atoms with Gasteiger partial charge >= 0.3 is 5.97 Å². The molecule has 0 aromatic carbocycles. The van der Waals surface area contributed by atoms with Crippen molar-refractivity contribution < 1.29 is 19.4 Å². The van der Waals surface area contributed by atoms with Crippen LogP contribution in [0, 0.1) is 29.6 Å². The molecule has 0 spiro atoms. The number of carbonyl (C=O) groups is 2. The van der Waals surface area contributed by atoms with Crippen molar-refractivity contribution in [2.24, 2.45) is 29.6 Å². The van der Waals surface area contributed by atoms with Gasteiger partial charge in [-0.25, -0.2) is 4.79 Å². The minimum atomic E-state index is -0.968. The molecule has 4 fully saturated rings. The zero-order valence-electron chi connectivity index (χ0n) is 15.1. The van der Waals surface area contributed by atoms with Gasteiger partial charge in [0, 0.05) is 18.9 Å². The van der Waals surface area contributed by atoms with Crippen LogP contribution in [-0.4, -0.2) is 35.2 Å². The minimum Gasteiger partial charge on any atom is -0.480 e. The quantitative estimate of drug-likeness (QED) is 0.781. The van der Waals surface area contributed by atoms with E-state index in [-0.39, 0.29) is 17.4 Å². The molecule has 0 saturated heterocycles. The van der Waals surface area contributed by atoms with Crippen molar-refractivity contribution in [2.75, 3.05) is 6.61 Å². The standard InChI is InChI=1S/C19H31NO4/c1-19(2,3)24-5-4-15(18(22)23)20-17(21)16-13-7-11-6-12(9-13)10-14(16)8-11/h11-16H,4-10H2,1-3H3,(H,20,21)(H,22,23). The number of carboxylic acids is 1. The lowest BCUT2D eigenvalue weighted by Gasteiger charge is -2.53. The Kier molecular flexibility index (Phi) is 4.92. The number of nitrogens with one attached hydrogen (secondary N) is 1. The third-order valence-corrected chi connectivity index (χ3v) is 6.09. The van der Waals surface area contributed by atoms with E-state index in [1.807, 2.05) is 20.8 Å². The van der Waals surface area contributed by atoms with E-state index in [1.54, 1.807) is 0 Å². The number of aliphatic carboxylic acids is 1. The molecule has 4 saturated carbocycles. The van der Waals surface area contributed by atoms with Crippen LogP contribution < -0.4 is 5.32 Å². The molecule has 4 aliphatic rings. The zero-order chi connectivity index (χ0) is 17.5. The highest BCUT2D eigenvalue weighted by molar-refractivity contribution is 5.85. The highest BCUT2D eigenvalue weighted by Gasteiger charge is 2.51. The van der Waals surface area contributed by atoms with E-state index in [0.717, 1.165) is 37.5 Å². The molecule has 0 aromatic rings.